The minimum atomic E-state index is -0.280. The van der Waals surface area contributed by atoms with Crippen LogP contribution in [0.4, 0.5) is 0 Å². The maximum Gasteiger partial charge on any atom is 0.249 e. The molecule has 2 fully saturated rings. The molecule has 2 rings (SSSR count). The first-order valence-electron chi connectivity index (χ1n) is 7.14. The highest BCUT2D eigenvalue weighted by molar-refractivity contribution is 5.80. The highest BCUT2D eigenvalue weighted by atomic mass is 16.5. The lowest BCUT2D eigenvalue weighted by Crippen LogP contribution is -2.50. The van der Waals surface area contributed by atoms with E-state index in [0.717, 1.165) is 32.5 Å². The molecule has 1 heterocycles. The third-order valence-corrected chi connectivity index (χ3v) is 3.91. The molecule has 0 aromatic carbocycles. The average molecular weight is 255 g/mol. The molecule has 1 aliphatic heterocycles. The van der Waals surface area contributed by atoms with Crippen LogP contribution in [0.1, 0.15) is 46.0 Å². The zero-order valence-corrected chi connectivity index (χ0v) is 11.5. The van der Waals surface area contributed by atoms with E-state index in [-0.39, 0.29) is 17.4 Å². The Morgan fingerprint density at radius 2 is 2.11 bits per heavy atom. The Morgan fingerprint density at radius 3 is 2.61 bits per heavy atom. The van der Waals surface area contributed by atoms with Crippen LogP contribution < -0.4 is 5.32 Å². The molecule has 0 spiro atoms. The molecule has 0 bridgehead atoms. The summed E-state index contributed by atoms with van der Waals surface area (Å²) in [6.45, 7) is 6.32. The summed E-state index contributed by atoms with van der Waals surface area (Å²) < 4.78 is 11.1. The molecule has 0 aromatic heterocycles. The molecule has 0 aromatic rings. The van der Waals surface area contributed by atoms with Gasteiger partial charge >= 0.3 is 0 Å². The van der Waals surface area contributed by atoms with E-state index in [4.69, 9.17) is 9.47 Å². The van der Waals surface area contributed by atoms with Gasteiger partial charge < -0.3 is 14.8 Å². The van der Waals surface area contributed by atoms with Gasteiger partial charge in [-0.3, -0.25) is 4.79 Å². The van der Waals surface area contributed by atoms with Gasteiger partial charge in [-0.05, 0) is 19.3 Å². The van der Waals surface area contributed by atoms with E-state index in [1.54, 1.807) is 0 Å². The van der Waals surface area contributed by atoms with Gasteiger partial charge in [-0.2, -0.15) is 0 Å². The van der Waals surface area contributed by atoms with Crippen molar-refractivity contribution in [3.8, 4) is 0 Å². The number of amides is 1. The molecular formula is C14H25NO3. The van der Waals surface area contributed by atoms with Crippen molar-refractivity contribution in [3.05, 3.63) is 0 Å². The van der Waals surface area contributed by atoms with E-state index in [9.17, 15) is 4.79 Å². The minimum absolute atomic E-state index is 0.0394. The standard InChI is InChI=1S/C14H25NO3/c1-3-12(18-11-6-4-5-7-11)13(16)15-8-14(2)9-17-10-14/h11-12H,3-10H2,1-2H3,(H,15,16)/t12-/m0/s1. The van der Waals surface area contributed by atoms with Crippen molar-refractivity contribution in [3.63, 3.8) is 0 Å². The molecule has 1 atom stereocenters. The summed E-state index contributed by atoms with van der Waals surface area (Å²) >= 11 is 0. The van der Waals surface area contributed by atoms with Crippen molar-refractivity contribution in [2.24, 2.45) is 5.41 Å². The Balaban J connectivity index is 1.73. The van der Waals surface area contributed by atoms with Gasteiger partial charge in [0.1, 0.15) is 6.10 Å². The lowest BCUT2D eigenvalue weighted by Gasteiger charge is -2.38. The zero-order chi connectivity index (χ0) is 13.0. The van der Waals surface area contributed by atoms with Crippen LogP contribution in [0.3, 0.4) is 0 Å². The SMILES string of the molecule is CC[C@H](OC1CCCC1)C(=O)NCC1(C)COC1. The second kappa shape index (κ2) is 6.02. The number of hydrogen-bond acceptors (Lipinski definition) is 3. The molecule has 1 saturated carbocycles. The number of hydrogen-bond donors (Lipinski definition) is 1. The van der Waals surface area contributed by atoms with Gasteiger partial charge in [0.2, 0.25) is 5.91 Å². The van der Waals surface area contributed by atoms with E-state index >= 15 is 0 Å². The van der Waals surface area contributed by atoms with Gasteiger partial charge in [0.25, 0.3) is 0 Å². The number of carbonyl (C=O) groups excluding carboxylic acids is 1. The molecule has 0 radical (unpaired) electrons. The van der Waals surface area contributed by atoms with Crippen LogP contribution in [-0.4, -0.2) is 37.9 Å². The van der Waals surface area contributed by atoms with Crippen LogP contribution in [0.2, 0.25) is 0 Å². The molecule has 104 valence electrons. The summed E-state index contributed by atoms with van der Waals surface area (Å²) in [7, 11) is 0. The van der Waals surface area contributed by atoms with Crippen molar-refractivity contribution >= 4 is 5.91 Å². The fourth-order valence-corrected chi connectivity index (χ4v) is 2.57. The van der Waals surface area contributed by atoms with Crippen molar-refractivity contribution < 1.29 is 14.3 Å². The molecule has 1 saturated heterocycles. The molecular weight excluding hydrogens is 230 g/mol. The normalized spacial score (nSPS) is 24.6. The Bertz CT molecular complexity index is 283. The first kappa shape index (κ1) is 13.8. The van der Waals surface area contributed by atoms with E-state index in [2.05, 4.69) is 12.2 Å². The monoisotopic (exact) mass is 255 g/mol. The smallest absolute Gasteiger partial charge is 0.249 e. The minimum Gasteiger partial charge on any atom is -0.380 e. The van der Waals surface area contributed by atoms with Crippen LogP contribution in [0.15, 0.2) is 0 Å². The topological polar surface area (TPSA) is 47.6 Å². The average Bonchev–Trinajstić information content (AvgIpc) is 2.83. The van der Waals surface area contributed by atoms with E-state index in [1.807, 2.05) is 6.92 Å². The maximum absolute atomic E-state index is 12.1. The third-order valence-electron chi connectivity index (χ3n) is 3.91. The van der Waals surface area contributed by atoms with E-state index in [1.165, 1.54) is 12.8 Å². The van der Waals surface area contributed by atoms with Gasteiger partial charge in [0.05, 0.1) is 19.3 Å². The van der Waals surface area contributed by atoms with Gasteiger partial charge in [0.15, 0.2) is 0 Å². The number of rotatable bonds is 6. The van der Waals surface area contributed by atoms with Crippen LogP contribution in [0.5, 0.6) is 0 Å². The second-order valence-electron chi connectivity index (χ2n) is 5.96. The van der Waals surface area contributed by atoms with E-state index in [0.29, 0.717) is 12.6 Å². The number of ether oxygens (including phenoxy) is 2. The first-order valence-corrected chi connectivity index (χ1v) is 7.14. The zero-order valence-electron chi connectivity index (χ0n) is 11.5. The number of carbonyl (C=O) groups is 1. The summed E-state index contributed by atoms with van der Waals surface area (Å²) in [6, 6.07) is 0. The molecule has 1 N–H and O–H groups in total. The molecule has 0 unspecified atom stereocenters. The molecule has 2 aliphatic rings. The van der Waals surface area contributed by atoms with E-state index < -0.39 is 0 Å². The number of nitrogens with one attached hydrogen (secondary N) is 1. The maximum atomic E-state index is 12.1. The van der Waals surface area contributed by atoms with Crippen molar-refractivity contribution in [1.29, 1.82) is 0 Å². The van der Waals surface area contributed by atoms with Crippen LogP contribution in [0, 0.1) is 5.41 Å². The molecule has 1 amide bonds. The Kier molecular flexibility index (Phi) is 4.62. The van der Waals surface area contributed by atoms with Crippen LogP contribution in [-0.2, 0) is 14.3 Å². The second-order valence-corrected chi connectivity index (χ2v) is 5.96. The molecule has 1 aliphatic carbocycles. The third kappa shape index (κ3) is 3.45. The summed E-state index contributed by atoms with van der Waals surface area (Å²) in [4.78, 5) is 12.1. The molecule has 18 heavy (non-hydrogen) atoms. The highest BCUT2D eigenvalue weighted by Gasteiger charge is 2.34. The largest absolute Gasteiger partial charge is 0.380 e. The fraction of sp³-hybridized carbons (Fsp3) is 0.929. The molecule has 4 heteroatoms. The van der Waals surface area contributed by atoms with Crippen LogP contribution >= 0.6 is 0 Å². The van der Waals surface area contributed by atoms with Crippen LogP contribution in [0.25, 0.3) is 0 Å². The van der Waals surface area contributed by atoms with Crippen molar-refractivity contribution in [1.82, 2.24) is 5.32 Å². The fourth-order valence-electron chi connectivity index (χ4n) is 2.57. The van der Waals surface area contributed by atoms with Gasteiger partial charge in [0, 0.05) is 12.0 Å². The summed E-state index contributed by atoms with van der Waals surface area (Å²) in [5.74, 6) is 0.0394. The summed E-state index contributed by atoms with van der Waals surface area (Å²) in [5, 5.41) is 3.01. The Morgan fingerprint density at radius 1 is 1.44 bits per heavy atom. The highest BCUT2D eigenvalue weighted by Crippen LogP contribution is 2.26. The van der Waals surface area contributed by atoms with Crippen molar-refractivity contribution in [2.75, 3.05) is 19.8 Å². The quantitative estimate of drug-likeness (QED) is 0.788. The van der Waals surface area contributed by atoms with Gasteiger partial charge in [-0.25, -0.2) is 0 Å². The van der Waals surface area contributed by atoms with Gasteiger partial charge in [-0.1, -0.05) is 26.7 Å². The lowest BCUT2D eigenvalue weighted by molar-refractivity contribution is -0.141. The summed E-state index contributed by atoms with van der Waals surface area (Å²) in [6.07, 6.45) is 5.44. The predicted molar refractivity (Wildman–Crippen MR) is 69.4 cm³/mol. The van der Waals surface area contributed by atoms with Crippen molar-refractivity contribution in [2.45, 2.75) is 58.2 Å². The van der Waals surface area contributed by atoms with Gasteiger partial charge in [-0.15, -0.1) is 0 Å². The Labute approximate surface area is 109 Å². The lowest BCUT2D eigenvalue weighted by atomic mass is 9.88. The summed E-state index contributed by atoms with van der Waals surface area (Å²) in [5.41, 5.74) is 0.126. The predicted octanol–water partition coefficient (Wildman–Crippen LogP) is 1.88. The Hall–Kier alpha value is -0.610. The molecule has 4 nitrogen and oxygen atoms in total. The first-order chi connectivity index (χ1) is 8.63.